The van der Waals surface area contributed by atoms with Crippen LogP contribution in [0.1, 0.15) is 32.6 Å². The zero-order valence-electron chi connectivity index (χ0n) is 6.93. The van der Waals surface area contributed by atoms with E-state index in [1.807, 2.05) is 7.05 Å². The molecule has 0 amide bonds. The van der Waals surface area contributed by atoms with Crippen molar-refractivity contribution in [3.63, 3.8) is 0 Å². The van der Waals surface area contributed by atoms with Crippen molar-refractivity contribution in [3.8, 4) is 0 Å². The summed E-state index contributed by atoms with van der Waals surface area (Å²) in [5.41, 5.74) is 0. The lowest BCUT2D eigenvalue weighted by molar-refractivity contribution is 0.415. The summed E-state index contributed by atoms with van der Waals surface area (Å²) in [4.78, 5) is 0. The van der Waals surface area contributed by atoms with Crippen LogP contribution in [0, 0.1) is 0 Å². The van der Waals surface area contributed by atoms with E-state index in [9.17, 15) is 0 Å². The smallest absolute Gasteiger partial charge is 0.0734 e. The molecule has 1 atom stereocenters. The fraction of sp³-hybridized carbons (Fsp3) is 1.00. The fourth-order valence-electron chi connectivity index (χ4n) is 1.08. The molecule has 1 fully saturated rings. The minimum Gasteiger partial charge on any atom is -0.298 e. The van der Waals surface area contributed by atoms with Crippen LogP contribution in [0.2, 0.25) is 0 Å². The van der Waals surface area contributed by atoms with Gasteiger partial charge < -0.3 is 0 Å². The Labute approximate surface area is 63.4 Å². The van der Waals surface area contributed by atoms with Gasteiger partial charge in [0.1, 0.15) is 0 Å². The van der Waals surface area contributed by atoms with Gasteiger partial charge >= 0.3 is 0 Å². The van der Waals surface area contributed by atoms with Gasteiger partial charge in [-0.25, -0.2) is 5.32 Å². The Balaban J connectivity index is 2.05. The lowest BCUT2D eigenvalue weighted by Gasteiger charge is -2.14. The molecule has 1 saturated carbocycles. The minimum absolute atomic E-state index is 0.428. The van der Waals surface area contributed by atoms with E-state index in [0.717, 1.165) is 6.04 Å². The average Bonchev–Trinajstić information content (AvgIpc) is 2.71. The van der Waals surface area contributed by atoms with Gasteiger partial charge in [-0.2, -0.15) is 0 Å². The number of nitrogens with zero attached hydrogens (tertiary/aromatic N) is 1. The van der Waals surface area contributed by atoms with E-state index in [1.165, 1.54) is 25.7 Å². The second kappa shape index (κ2) is 3.94. The molecule has 0 aromatic rings. The van der Waals surface area contributed by atoms with Crippen molar-refractivity contribution < 1.29 is 0 Å². The maximum atomic E-state index is 4.25. The van der Waals surface area contributed by atoms with Gasteiger partial charge in [0.05, 0.1) is 6.17 Å². The quantitative estimate of drug-likeness (QED) is 0.609. The van der Waals surface area contributed by atoms with Crippen molar-refractivity contribution in [2.24, 2.45) is 0 Å². The van der Waals surface area contributed by atoms with Gasteiger partial charge in [0.15, 0.2) is 0 Å². The van der Waals surface area contributed by atoms with Gasteiger partial charge in [-0.1, -0.05) is 13.3 Å². The van der Waals surface area contributed by atoms with E-state index < -0.39 is 0 Å². The topological polar surface area (TPSA) is 26.1 Å². The predicted molar refractivity (Wildman–Crippen MR) is 42.9 cm³/mol. The molecule has 0 bridgehead atoms. The van der Waals surface area contributed by atoms with Gasteiger partial charge in [0, 0.05) is 13.1 Å². The molecule has 1 radical (unpaired) electrons. The Kier molecular flexibility index (Phi) is 3.16. The van der Waals surface area contributed by atoms with E-state index >= 15 is 0 Å². The molecule has 1 N–H and O–H groups in total. The first-order valence-electron chi connectivity index (χ1n) is 4.21. The standard InChI is InChI=1S/C8H17N2/c1-3-4-8(9-2)10-7-5-6-7/h7-8,10H,3-6H2,1-2H3. The molecule has 0 aromatic heterocycles. The van der Waals surface area contributed by atoms with E-state index in [-0.39, 0.29) is 0 Å². The highest BCUT2D eigenvalue weighted by atomic mass is 15.1. The van der Waals surface area contributed by atoms with Gasteiger partial charge in [-0.15, -0.1) is 0 Å². The molecule has 2 heteroatoms. The van der Waals surface area contributed by atoms with Crippen LogP contribution in [0.4, 0.5) is 0 Å². The average molecular weight is 141 g/mol. The molecule has 10 heavy (non-hydrogen) atoms. The first-order chi connectivity index (χ1) is 4.86. The molecular weight excluding hydrogens is 124 g/mol. The summed E-state index contributed by atoms with van der Waals surface area (Å²) < 4.78 is 0. The molecule has 2 nitrogen and oxygen atoms in total. The molecule has 1 aliphatic rings. The first kappa shape index (κ1) is 8.02. The number of rotatable bonds is 5. The summed E-state index contributed by atoms with van der Waals surface area (Å²) in [7, 11) is 1.90. The third-order valence-corrected chi connectivity index (χ3v) is 1.88. The van der Waals surface area contributed by atoms with Crippen molar-refractivity contribution in [2.45, 2.75) is 44.8 Å². The summed E-state index contributed by atoms with van der Waals surface area (Å²) in [5, 5.41) is 7.72. The van der Waals surface area contributed by atoms with Crippen LogP contribution in [0.25, 0.3) is 0 Å². The molecule has 1 rings (SSSR count). The second-order valence-electron chi connectivity index (χ2n) is 3.00. The van der Waals surface area contributed by atoms with E-state index in [0.29, 0.717) is 6.17 Å². The number of hydrogen-bond acceptors (Lipinski definition) is 1. The third-order valence-electron chi connectivity index (χ3n) is 1.88. The van der Waals surface area contributed by atoms with Crippen molar-refractivity contribution in [1.29, 1.82) is 0 Å². The van der Waals surface area contributed by atoms with Crippen LogP contribution in [-0.2, 0) is 0 Å². The Bertz CT molecular complexity index is 89.3. The van der Waals surface area contributed by atoms with Gasteiger partial charge in [0.2, 0.25) is 0 Å². The van der Waals surface area contributed by atoms with Crippen molar-refractivity contribution >= 4 is 0 Å². The van der Waals surface area contributed by atoms with E-state index in [4.69, 9.17) is 0 Å². The normalized spacial score (nSPS) is 21.0. The highest BCUT2D eigenvalue weighted by molar-refractivity contribution is 4.83. The Hall–Kier alpha value is -0.0800. The molecule has 59 valence electrons. The highest BCUT2D eigenvalue weighted by Crippen LogP contribution is 2.19. The summed E-state index contributed by atoms with van der Waals surface area (Å²) in [6.07, 6.45) is 5.55. The largest absolute Gasteiger partial charge is 0.298 e. The van der Waals surface area contributed by atoms with Gasteiger partial charge in [-0.3, -0.25) is 5.32 Å². The highest BCUT2D eigenvalue weighted by Gasteiger charge is 2.23. The van der Waals surface area contributed by atoms with Crippen LogP contribution in [-0.4, -0.2) is 19.3 Å². The fourth-order valence-corrected chi connectivity index (χ4v) is 1.08. The summed E-state index contributed by atoms with van der Waals surface area (Å²) in [6.45, 7) is 2.20. The molecule has 0 saturated heterocycles. The Morgan fingerprint density at radius 2 is 2.30 bits per heavy atom. The van der Waals surface area contributed by atoms with E-state index in [2.05, 4.69) is 17.6 Å². The molecule has 1 unspecified atom stereocenters. The van der Waals surface area contributed by atoms with Crippen LogP contribution in [0.15, 0.2) is 0 Å². The molecule has 0 heterocycles. The lowest BCUT2D eigenvalue weighted by Crippen LogP contribution is -2.37. The zero-order valence-corrected chi connectivity index (χ0v) is 6.93. The van der Waals surface area contributed by atoms with Gasteiger partial charge in [0.25, 0.3) is 0 Å². The number of hydrogen-bond donors (Lipinski definition) is 1. The maximum Gasteiger partial charge on any atom is 0.0734 e. The summed E-state index contributed by atoms with van der Waals surface area (Å²) >= 11 is 0. The summed E-state index contributed by atoms with van der Waals surface area (Å²) in [6, 6.07) is 0.792. The number of nitrogens with one attached hydrogen (secondary N) is 1. The molecule has 1 aliphatic carbocycles. The maximum absolute atomic E-state index is 4.25. The Morgan fingerprint density at radius 1 is 1.60 bits per heavy atom. The van der Waals surface area contributed by atoms with Crippen molar-refractivity contribution in [2.75, 3.05) is 7.05 Å². The van der Waals surface area contributed by atoms with Crippen LogP contribution >= 0.6 is 0 Å². The second-order valence-corrected chi connectivity index (χ2v) is 3.00. The van der Waals surface area contributed by atoms with Crippen LogP contribution in [0.3, 0.4) is 0 Å². The van der Waals surface area contributed by atoms with Crippen LogP contribution < -0.4 is 10.6 Å². The molecule has 0 spiro atoms. The van der Waals surface area contributed by atoms with E-state index in [1.54, 1.807) is 0 Å². The summed E-state index contributed by atoms with van der Waals surface area (Å²) in [5.74, 6) is 0. The third kappa shape index (κ3) is 2.67. The molecular formula is C8H17N2. The molecule has 0 aliphatic heterocycles. The van der Waals surface area contributed by atoms with Gasteiger partial charge in [-0.05, 0) is 19.3 Å². The van der Waals surface area contributed by atoms with Crippen molar-refractivity contribution in [3.05, 3.63) is 0 Å². The lowest BCUT2D eigenvalue weighted by atomic mass is 10.3. The zero-order chi connectivity index (χ0) is 7.40. The Morgan fingerprint density at radius 3 is 2.70 bits per heavy atom. The SMILES string of the molecule is CCCC([N]C)NC1CC1. The predicted octanol–water partition coefficient (Wildman–Crippen LogP) is 1.10. The first-order valence-corrected chi connectivity index (χ1v) is 4.21. The van der Waals surface area contributed by atoms with Crippen LogP contribution in [0.5, 0.6) is 0 Å². The monoisotopic (exact) mass is 141 g/mol. The molecule has 0 aromatic carbocycles. The van der Waals surface area contributed by atoms with Crippen molar-refractivity contribution in [1.82, 2.24) is 10.6 Å². The minimum atomic E-state index is 0.428.